The number of nitrogens with one attached hydrogen (secondary N) is 1. The van der Waals surface area contributed by atoms with Crippen molar-refractivity contribution in [3.63, 3.8) is 0 Å². The standard InChI is InChI=1S/C28H36N6O/c1-7-25(26-30-31-32-34(26)28(5,6)8-2)33(17-21-12-9-19(3)10-13-21)18-23-16-22-14-11-20(4)15-24(22)29-27(23)35/h9-16,25H,7-8,17-18H2,1-6H3,(H,29,35)/t25-/m0/s1. The van der Waals surface area contributed by atoms with Gasteiger partial charge in [0.15, 0.2) is 5.82 Å². The molecule has 0 amide bonds. The minimum absolute atomic E-state index is 0.0507. The number of fused-ring (bicyclic) bond motifs is 1. The maximum absolute atomic E-state index is 13.1. The van der Waals surface area contributed by atoms with E-state index in [2.05, 4.69) is 96.4 Å². The number of aromatic nitrogens is 5. The van der Waals surface area contributed by atoms with Crippen molar-refractivity contribution < 1.29 is 0 Å². The molecule has 7 nitrogen and oxygen atoms in total. The number of nitrogens with zero attached hydrogens (tertiary/aromatic N) is 5. The van der Waals surface area contributed by atoms with Crippen LogP contribution in [0.15, 0.2) is 53.3 Å². The lowest BCUT2D eigenvalue weighted by Crippen LogP contribution is -2.36. The van der Waals surface area contributed by atoms with E-state index in [0.717, 1.165) is 40.7 Å². The van der Waals surface area contributed by atoms with Crippen molar-refractivity contribution in [1.29, 1.82) is 0 Å². The number of tetrazole rings is 1. The summed E-state index contributed by atoms with van der Waals surface area (Å²) in [6, 6.07) is 16.7. The maximum Gasteiger partial charge on any atom is 0.252 e. The van der Waals surface area contributed by atoms with Crippen LogP contribution in [-0.4, -0.2) is 30.1 Å². The van der Waals surface area contributed by atoms with Crippen LogP contribution < -0.4 is 5.56 Å². The zero-order valence-electron chi connectivity index (χ0n) is 21.7. The highest BCUT2D eigenvalue weighted by Crippen LogP contribution is 2.30. The Morgan fingerprint density at radius 1 is 1.00 bits per heavy atom. The third-order valence-corrected chi connectivity index (χ3v) is 7.02. The van der Waals surface area contributed by atoms with E-state index in [1.54, 1.807) is 0 Å². The van der Waals surface area contributed by atoms with Crippen LogP contribution in [0.4, 0.5) is 0 Å². The number of aromatic amines is 1. The van der Waals surface area contributed by atoms with Crippen LogP contribution in [0.5, 0.6) is 0 Å². The van der Waals surface area contributed by atoms with Gasteiger partial charge in [0.1, 0.15) is 0 Å². The van der Waals surface area contributed by atoms with Gasteiger partial charge >= 0.3 is 0 Å². The molecule has 0 radical (unpaired) electrons. The Labute approximate surface area is 207 Å². The summed E-state index contributed by atoms with van der Waals surface area (Å²) in [5.74, 6) is 0.833. The normalized spacial score (nSPS) is 13.0. The van der Waals surface area contributed by atoms with Gasteiger partial charge < -0.3 is 4.98 Å². The molecule has 1 N–H and O–H groups in total. The molecule has 0 spiro atoms. The van der Waals surface area contributed by atoms with E-state index in [4.69, 9.17) is 0 Å². The molecule has 184 valence electrons. The smallest absolute Gasteiger partial charge is 0.252 e. The summed E-state index contributed by atoms with van der Waals surface area (Å²) in [5, 5.41) is 13.9. The molecule has 0 aliphatic carbocycles. The number of hydrogen-bond acceptors (Lipinski definition) is 5. The summed E-state index contributed by atoms with van der Waals surface area (Å²) in [5.41, 5.74) is 4.88. The Hall–Kier alpha value is -3.32. The van der Waals surface area contributed by atoms with Gasteiger partial charge in [-0.3, -0.25) is 9.69 Å². The summed E-state index contributed by atoms with van der Waals surface area (Å²) in [6.07, 6.45) is 1.72. The van der Waals surface area contributed by atoms with Crippen LogP contribution >= 0.6 is 0 Å². The Balaban J connectivity index is 1.77. The number of H-pyrrole nitrogens is 1. The summed E-state index contributed by atoms with van der Waals surface area (Å²) in [7, 11) is 0. The fraction of sp³-hybridized carbons (Fsp3) is 0.429. The first-order valence-electron chi connectivity index (χ1n) is 12.4. The zero-order chi connectivity index (χ0) is 25.2. The monoisotopic (exact) mass is 472 g/mol. The Morgan fingerprint density at radius 3 is 2.40 bits per heavy atom. The quantitative estimate of drug-likeness (QED) is 0.351. The fourth-order valence-corrected chi connectivity index (χ4v) is 4.49. The van der Waals surface area contributed by atoms with Crippen LogP contribution in [0.1, 0.15) is 74.7 Å². The van der Waals surface area contributed by atoms with E-state index in [9.17, 15) is 4.79 Å². The predicted octanol–water partition coefficient (Wildman–Crippen LogP) is 5.43. The largest absolute Gasteiger partial charge is 0.322 e. The molecule has 4 rings (SSSR count). The topological polar surface area (TPSA) is 79.7 Å². The molecule has 0 fully saturated rings. The number of rotatable bonds is 9. The van der Waals surface area contributed by atoms with Crippen LogP contribution in [0.3, 0.4) is 0 Å². The summed E-state index contributed by atoms with van der Waals surface area (Å²) < 4.78 is 1.96. The average Bonchev–Trinajstić information content (AvgIpc) is 3.32. The zero-order valence-corrected chi connectivity index (χ0v) is 21.7. The van der Waals surface area contributed by atoms with Crippen molar-refractivity contribution in [2.75, 3.05) is 0 Å². The van der Waals surface area contributed by atoms with Gasteiger partial charge in [0.05, 0.1) is 11.6 Å². The van der Waals surface area contributed by atoms with Crippen LogP contribution in [0.25, 0.3) is 10.9 Å². The molecule has 35 heavy (non-hydrogen) atoms. The van der Waals surface area contributed by atoms with E-state index in [1.165, 1.54) is 11.1 Å². The van der Waals surface area contributed by atoms with Crippen molar-refractivity contribution in [2.24, 2.45) is 0 Å². The van der Waals surface area contributed by atoms with E-state index < -0.39 is 0 Å². The summed E-state index contributed by atoms with van der Waals surface area (Å²) in [4.78, 5) is 18.5. The highest BCUT2D eigenvalue weighted by atomic mass is 16.1. The van der Waals surface area contributed by atoms with Crippen LogP contribution in [-0.2, 0) is 18.6 Å². The fourth-order valence-electron chi connectivity index (χ4n) is 4.49. The van der Waals surface area contributed by atoms with Crippen molar-refractivity contribution in [3.8, 4) is 0 Å². The minimum Gasteiger partial charge on any atom is -0.322 e. The second kappa shape index (κ2) is 10.1. The SMILES string of the molecule is CC[C@@H](c1nnnn1C(C)(C)CC)N(Cc1ccc(C)cc1)Cc1cc2ccc(C)cc2[nH]c1=O. The molecule has 2 aromatic carbocycles. The van der Waals surface area contributed by atoms with Gasteiger partial charge in [0, 0.05) is 24.2 Å². The third kappa shape index (κ3) is 5.35. The number of pyridine rings is 1. The molecular weight excluding hydrogens is 436 g/mol. The molecule has 0 saturated heterocycles. The average molecular weight is 473 g/mol. The van der Waals surface area contributed by atoms with Gasteiger partial charge in [-0.15, -0.1) is 5.10 Å². The number of hydrogen-bond donors (Lipinski definition) is 1. The molecule has 0 unspecified atom stereocenters. The molecule has 1 atom stereocenters. The molecule has 0 aliphatic heterocycles. The molecule has 0 aliphatic rings. The molecular formula is C28H36N6O. The predicted molar refractivity (Wildman–Crippen MR) is 140 cm³/mol. The van der Waals surface area contributed by atoms with Crippen molar-refractivity contribution in [3.05, 3.63) is 87.0 Å². The molecule has 0 bridgehead atoms. The third-order valence-electron chi connectivity index (χ3n) is 7.02. The van der Waals surface area contributed by atoms with E-state index in [-0.39, 0.29) is 17.1 Å². The summed E-state index contributed by atoms with van der Waals surface area (Å²) in [6.45, 7) is 13.9. The summed E-state index contributed by atoms with van der Waals surface area (Å²) >= 11 is 0. The maximum atomic E-state index is 13.1. The second-order valence-corrected chi connectivity index (χ2v) is 10.1. The van der Waals surface area contributed by atoms with Gasteiger partial charge in [-0.25, -0.2) is 4.68 Å². The first-order chi connectivity index (χ1) is 16.7. The van der Waals surface area contributed by atoms with Crippen molar-refractivity contribution in [1.82, 2.24) is 30.1 Å². The first-order valence-corrected chi connectivity index (χ1v) is 12.4. The van der Waals surface area contributed by atoms with Gasteiger partial charge in [-0.05, 0) is 79.6 Å². The van der Waals surface area contributed by atoms with Crippen molar-refractivity contribution >= 4 is 10.9 Å². The van der Waals surface area contributed by atoms with Gasteiger partial charge in [-0.1, -0.05) is 55.8 Å². The number of benzene rings is 2. The van der Waals surface area contributed by atoms with Crippen LogP contribution in [0.2, 0.25) is 0 Å². The lowest BCUT2D eigenvalue weighted by atomic mass is 10.0. The lowest BCUT2D eigenvalue weighted by Gasteiger charge is -2.33. The minimum atomic E-state index is -0.208. The molecule has 0 saturated carbocycles. The second-order valence-electron chi connectivity index (χ2n) is 10.1. The lowest BCUT2D eigenvalue weighted by molar-refractivity contribution is 0.150. The van der Waals surface area contributed by atoms with Gasteiger partial charge in [0.2, 0.25) is 0 Å². The van der Waals surface area contributed by atoms with E-state index >= 15 is 0 Å². The molecule has 2 aromatic heterocycles. The molecule has 7 heteroatoms. The highest BCUT2D eigenvalue weighted by molar-refractivity contribution is 5.79. The van der Waals surface area contributed by atoms with Gasteiger partial charge in [0.25, 0.3) is 5.56 Å². The molecule has 4 aromatic rings. The first kappa shape index (κ1) is 24.8. The Morgan fingerprint density at radius 2 is 1.71 bits per heavy atom. The Bertz CT molecular complexity index is 1350. The van der Waals surface area contributed by atoms with Crippen molar-refractivity contribution in [2.45, 2.75) is 79.1 Å². The van der Waals surface area contributed by atoms with Crippen LogP contribution in [0, 0.1) is 13.8 Å². The highest BCUT2D eigenvalue weighted by Gasteiger charge is 2.31. The molecule has 2 heterocycles. The van der Waals surface area contributed by atoms with E-state index in [0.29, 0.717) is 13.1 Å². The van der Waals surface area contributed by atoms with E-state index in [1.807, 2.05) is 23.7 Å². The number of aryl methyl sites for hydroxylation is 2. The van der Waals surface area contributed by atoms with Gasteiger partial charge in [-0.2, -0.15) is 0 Å². The Kier molecular flexibility index (Phi) is 7.17.